The first kappa shape index (κ1) is 9.37. The van der Waals surface area contributed by atoms with Crippen molar-refractivity contribution < 1.29 is 4.39 Å². The van der Waals surface area contributed by atoms with Crippen molar-refractivity contribution in [2.24, 2.45) is 0 Å². The molecule has 1 nitrogen and oxygen atoms in total. The first-order valence-corrected chi connectivity index (χ1v) is 3.36. The first-order chi connectivity index (χ1) is 4.85. The molecule has 0 saturated heterocycles. The van der Waals surface area contributed by atoms with E-state index in [0.717, 1.165) is 11.8 Å². The minimum Gasteiger partial charge on any atom is -0.309 e. The van der Waals surface area contributed by atoms with E-state index in [9.17, 15) is 4.39 Å². The summed E-state index contributed by atoms with van der Waals surface area (Å²) in [5.41, 5.74) is 0.745. The Morgan fingerprint density at radius 3 is 2.70 bits per heavy atom. The molecule has 0 aromatic heterocycles. The van der Waals surface area contributed by atoms with Crippen LogP contribution in [-0.4, -0.2) is 18.8 Å². The van der Waals surface area contributed by atoms with E-state index < -0.39 is 6.67 Å². The molecule has 56 valence electrons. The molecule has 0 radical (unpaired) electrons. The Morgan fingerprint density at radius 2 is 2.30 bits per heavy atom. The lowest BCUT2D eigenvalue weighted by atomic mass is 10.2. The number of allylic oxidation sites excluding steroid dienone is 4. The lowest BCUT2D eigenvalue weighted by molar-refractivity contribution is 0.561. The van der Waals surface area contributed by atoms with Crippen LogP contribution in [-0.2, 0) is 0 Å². The summed E-state index contributed by atoms with van der Waals surface area (Å²) in [6.45, 7) is -0.494. The van der Waals surface area contributed by atoms with E-state index in [-0.39, 0.29) is 0 Å². The van der Waals surface area contributed by atoms with Crippen LogP contribution in [0.5, 0.6) is 0 Å². The van der Waals surface area contributed by atoms with Gasteiger partial charge in [-0.25, -0.2) is 4.39 Å². The Balaban J connectivity index is 3.94. The van der Waals surface area contributed by atoms with Gasteiger partial charge in [-0.05, 0) is 11.6 Å². The van der Waals surface area contributed by atoms with Crippen LogP contribution in [0.15, 0.2) is 23.8 Å². The van der Waals surface area contributed by atoms with Crippen molar-refractivity contribution in [2.45, 2.75) is 0 Å². The van der Waals surface area contributed by atoms with E-state index in [1.807, 2.05) is 0 Å². The quantitative estimate of drug-likeness (QED) is 0.372. The molecule has 10 heavy (non-hydrogen) atoms. The molecule has 0 bridgehead atoms. The Bertz CT molecular complexity index is 152. The largest absolute Gasteiger partial charge is 0.309 e. The lowest BCUT2D eigenvalue weighted by Crippen LogP contribution is -1.79. The van der Waals surface area contributed by atoms with Crippen LogP contribution < -0.4 is 0 Å². The van der Waals surface area contributed by atoms with Gasteiger partial charge in [0.25, 0.3) is 0 Å². The normalized spacial score (nSPS) is 12.4. The third-order valence-electron chi connectivity index (χ3n) is 0.873. The molecule has 3 heteroatoms. The van der Waals surface area contributed by atoms with Crippen molar-refractivity contribution in [3.63, 3.8) is 0 Å². The number of hydrogen-bond acceptors (Lipinski definition) is 1. The summed E-state index contributed by atoms with van der Waals surface area (Å²) >= 11 is 5.44. The van der Waals surface area contributed by atoms with Crippen LogP contribution in [0.25, 0.3) is 0 Å². The third-order valence-corrected chi connectivity index (χ3v) is 1.18. The molecule has 0 amide bonds. The van der Waals surface area contributed by atoms with Crippen molar-refractivity contribution in [2.75, 3.05) is 12.6 Å². The lowest BCUT2D eigenvalue weighted by Gasteiger charge is -1.89. The highest BCUT2D eigenvalue weighted by Crippen LogP contribution is 1.98. The van der Waals surface area contributed by atoms with Crippen LogP contribution in [0.1, 0.15) is 0 Å². The average Bonchev–Trinajstić information content (AvgIpc) is 1.98. The van der Waals surface area contributed by atoms with E-state index in [2.05, 4.69) is 0 Å². The zero-order valence-electron chi connectivity index (χ0n) is 5.48. The molecule has 0 unspecified atom stereocenters. The van der Waals surface area contributed by atoms with Gasteiger partial charge in [0.05, 0.1) is 0 Å². The minimum absolute atomic E-state index is 0.311. The maximum Gasteiger partial charge on any atom is 0.108 e. The van der Waals surface area contributed by atoms with E-state index in [0.29, 0.717) is 5.88 Å². The Hall–Kier alpha value is -0.630. The number of rotatable bonds is 4. The highest BCUT2D eigenvalue weighted by molar-refractivity contribution is 6.19. The summed E-state index contributed by atoms with van der Waals surface area (Å²) in [5, 5.41) is 6.68. The molecule has 0 fully saturated rings. The summed E-state index contributed by atoms with van der Waals surface area (Å²) in [4.78, 5) is 0. The van der Waals surface area contributed by atoms with Crippen molar-refractivity contribution in [1.29, 1.82) is 5.41 Å². The summed E-state index contributed by atoms with van der Waals surface area (Å²) < 4.78 is 11.5. The molecule has 0 atom stereocenters. The molecule has 0 aliphatic heterocycles. The van der Waals surface area contributed by atoms with Crippen LogP contribution in [0, 0.1) is 5.41 Å². The fourth-order valence-electron chi connectivity index (χ4n) is 0.448. The molecule has 0 saturated carbocycles. The zero-order chi connectivity index (χ0) is 7.82. The van der Waals surface area contributed by atoms with Gasteiger partial charge >= 0.3 is 0 Å². The standard InChI is InChI=1S/C7H9ClFN/c8-6-7(3-5-10)2-1-4-9/h1-3,5,10H,4,6H2/b2-1+,7-3+,10-5?. The molecule has 0 spiro atoms. The van der Waals surface area contributed by atoms with Gasteiger partial charge in [-0.15, -0.1) is 11.6 Å². The summed E-state index contributed by atoms with van der Waals surface area (Å²) in [6, 6.07) is 0. The van der Waals surface area contributed by atoms with Gasteiger partial charge < -0.3 is 5.41 Å². The summed E-state index contributed by atoms with van der Waals surface area (Å²) in [7, 11) is 0. The fraction of sp³-hybridized carbons (Fsp3) is 0.286. The van der Waals surface area contributed by atoms with Crippen molar-refractivity contribution in [3.8, 4) is 0 Å². The average molecular weight is 162 g/mol. The van der Waals surface area contributed by atoms with E-state index >= 15 is 0 Å². The SMILES string of the molecule is N=C/C=C(\C=C\CF)CCl. The van der Waals surface area contributed by atoms with Gasteiger partial charge in [0.2, 0.25) is 0 Å². The van der Waals surface area contributed by atoms with Gasteiger partial charge in [0.15, 0.2) is 0 Å². The molecule has 0 aliphatic carbocycles. The molecule has 0 rings (SSSR count). The van der Waals surface area contributed by atoms with Crippen LogP contribution in [0.4, 0.5) is 4.39 Å². The fourth-order valence-corrected chi connectivity index (χ4v) is 0.626. The molecule has 0 aromatic carbocycles. The highest BCUT2D eigenvalue weighted by Gasteiger charge is 1.84. The summed E-state index contributed by atoms with van der Waals surface area (Å²) in [5.74, 6) is 0.311. The van der Waals surface area contributed by atoms with Gasteiger partial charge in [-0.3, -0.25) is 0 Å². The number of nitrogens with one attached hydrogen (secondary N) is 1. The summed E-state index contributed by atoms with van der Waals surface area (Å²) in [6.07, 6.45) is 5.58. The second-order valence-electron chi connectivity index (χ2n) is 1.60. The van der Waals surface area contributed by atoms with Crippen molar-refractivity contribution in [1.82, 2.24) is 0 Å². The van der Waals surface area contributed by atoms with Crippen LogP contribution in [0.2, 0.25) is 0 Å². The zero-order valence-corrected chi connectivity index (χ0v) is 6.24. The van der Waals surface area contributed by atoms with E-state index in [1.54, 1.807) is 6.08 Å². The maximum absolute atomic E-state index is 11.5. The topological polar surface area (TPSA) is 23.9 Å². The van der Waals surface area contributed by atoms with Gasteiger partial charge in [-0.2, -0.15) is 0 Å². The molecular formula is C7H9ClFN. The number of hydrogen-bond donors (Lipinski definition) is 1. The molecular weight excluding hydrogens is 153 g/mol. The predicted molar refractivity (Wildman–Crippen MR) is 42.7 cm³/mol. The molecule has 1 N–H and O–H groups in total. The van der Waals surface area contributed by atoms with E-state index in [1.165, 1.54) is 12.2 Å². The second kappa shape index (κ2) is 6.49. The molecule has 0 aromatic rings. The Kier molecular flexibility index (Phi) is 6.08. The number of halogens is 2. The van der Waals surface area contributed by atoms with Gasteiger partial charge in [0.1, 0.15) is 6.67 Å². The van der Waals surface area contributed by atoms with Crippen LogP contribution >= 0.6 is 11.6 Å². The van der Waals surface area contributed by atoms with Gasteiger partial charge in [-0.1, -0.05) is 12.2 Å². The van der Waals surface area contributed by atoms with Crippen molar-refractivity contribution in [3.05, 3.63) is 23.8 Å². The maximum atomic E-state index is 11.5. The Morgan fingerprint density at radius 1 is 1.60 bits per heavy atom. The monoisotopic (exact) mass is 161 g/mol. The molecule has 0 heterocycles. The van der Waals surface area contributed by atoms with E-state index in [4.69, 9.17) is 17.0 Å². The van der Waals surface area contributed by atoms with Crippen LogP contribution in [0.3, 0.4) is 0 Å². The minimum atomic E-state index is -0.494. The smallest absolute Gasteiger partial charge is 0.108 e. The molecule has 0 aliphatic rings. The number of alkyl halides is 2. The third kappa shape index (κ3) is 4.27. The Labute approximate surface area is 64.7 Å². The van der Waals surface area contributed by atoms with Crippen molar-refractivity contribution >= 4 is 17.8 Å². The first-order valence-electron chi connectivity index (χ1n) is 2.83. The highest BCUT2D eigenvalue weighted by atomic mass is 35.5. The predicted octanol–water partition coefficient (Wildman–Crippen LogP) is 2.33. The second-order valence-corrected chi connectivity index (χ2v) is 1.87. The van der Waals surface area contributed by atoms with Gasteiger partial charge in [0, 0.05) is 12.1 Å².